The Balaban J connectivity index is 2.06. The molecule has 4 heteroatoms. The molecule has 2 nitrogen and oxygen atoms in total. The lowest BCUT2D eigenvalue weighted by molar-refractivity contribution is -0.125. The number of benzene rings is 2. The first-order valence-corrected chi connectivity index (χ1v) is 11.2. The number of aliphatic hydroxyl groups is 1. The standard InChI is InChI=1S/C24H31Cl2NO/c1-4-6-21-23(18-9-13-20(26)14-10-18)27-22(16(3)24(21,28)15-5-2)17-7-11-19(25)12-8-17/h7-14,16,21-23,27-28H,4-6,15H2,1-3H3/t16-,21-,22-,23+,24+/m0/s1. The molecule has 2 aromatic rings. The Bertz CT molecular complexity index is 761. The average Bonchev–Trinajstić information content (AvgIpc) is 2.68. The van der Waals surface area contributed by atoms with Crippen LogP contribution < -0.4 is 5.32 Å². The molecule has 152 valence electrons. The van der Waals surface area contributed by atoms with Gasteiger partial charge in [0.2, 0.25) is 0 Å². The van der Waals surface area contributed by atoms with E-state index in [0.29, 0.717) is 0 Å². The van der Waals surface area contributed by atoms with Gasteiger partial charge in [0.25, 0.3) is 0 Å². The minimum atomic E-state index is -0.732. The lowest BCUT2D eigenvalue weighted by Crippen LogP contribution is -2.58. The van der Waals surface area contributed by atoms with E-state index in [1.165, 1.54) is 11.1 Å². The van der Waals surface area contributed by atoms with Gasteiger partial charge in [0.15, 0.2) is 0 Å². The smallest absolute Gasteiger partial charge is 0.0737 e. The second-order valence-corrected chi connectivity index (χ2v) is 9.02. The van der Waals surface area contributed by atoms with E-state index < -0.39 is 5.60 Å². The van der Waals surface area contributed by atoms with Crippen LogP contribution in [0.2, 0.25) is 10.0 Å². The minimum absolute atomic E-state index is 0.0580. The second kappa shape index (κ2) is 9.17. The van der Waals surface area contributed by atoms with Gasteiger partial charge in [-0.15, -0.1) is 0 Å². The van der Waals surface area contributed by atoms with Crippen LogP contribution >= 0.6 is 23.2 Å². The predicted molar refractivity (Wildman–Crippen MR) is 119 cm³/mol. The van der Waals surface area contributed by atoms with Crippen LogP contribution in [0.15, 0.2) is 48.5 Å². The van der Waals surface area contributed by atoms with Crippen LogP contribution in [0.4, 0.5) is 0 Å². The first-order chi connectivity index (χ1) is 13.4. The molecule has 0 aromatic heterocycles. The minimum Gasteiger partial charge on any atom is -0.389 e. The Morgan fingerprint density at radius 2 is 1.36 bits per heavy atom. The van der Waals surface area contributed by atoms with Crippen molar-refractivity contribution in [1.29, 1.82) is 0 Å². The number of hydrogen-bond donors (Lipinski definition) is 2. The van der Waals surface area contributed by atoms with Gasteiger partial charge >= 0.3 is 0 Å². The van der Waals surface area contributed by atoms with Crippen molar-refractivity contribution < 1.29 is 5.11 Å². The molecule has 1 aliphatic heterocycles. The van der Waals surface area contributed by atoms with Crippen molar-refractivity contribution in [3.05, 3.63) is 69.7 Å². The molecule has 1 fully saturated rings. The van der Waals surface area contributed by atoms with Gasteiger partial charge < -0.3 is 10.4 Å². The number of hydrogen-bond acceptors (Lipinski definition) is 2. The fraction of sp³-hybridized carbons (Fsp3) is 0.500. The van der Waals surface area contributed by atoms with Gasteiger partial charge in [0, 0.05) is 34.0 Å². The summed E-state index contributed by atoms with van der Waals surface area (Å²) in [6.07, 6.45) is 3.78. The predicted octanol–water partition coefficient (Wildman–Crippen LogP) is 6.96. The molecule has 28 heavy (non-hydrogen) atoms. The monoisotopic (exact) mass is 419 g/mol. The van der Waals surface area contributed by atoms with E-state index in [4.69, 9.17) is 23.2 Å². The summed E-state index contributed by atoms with van der Waals surface area (Å²) in [5, 5.41) is 17.4. The Labute approximate surface area is 179 Å². The third-order valence-electron chi connectivity index (χ3n) is 6.40. The first kappa shape index (κ1) is 21.6. The van der Waals surface area contributed by atoms with Crippen molar-refractivity contribution in [1.82, 2.24) is 5.32 Å². The SMILES string of the molecule is CCC[C@H]1[C@@H](c2ccc(Cl)cc2)N[C@H](c2ccc(Cl)cc2)[C@H](C)[C@]1(O)CCC. The molecule has 2 aromatic carbocycles. The van der Waals surface area contributed by atoms with Crippen molar-refractivity contribution >= 4 is 23.2 Å². The summed E-state index contributed by atoms with van der Waals surface area (Å²) >= 11 is 12.2. The molecular weight excluding hydrogens is 389 g/mol. The first-order valence-electron chi connectivity index (χ1n) is 10.4. The van der Waals surface area contributed by atoms with E-state index in [9.17, 15) is 5.11 Å². The summed E-state index contributed by atoms with van der Waals surface area (Å²) < 4.78 is 0. The topological polar surface area (TPSA) is 32.3 Å². The molecule has 0 aliphatic carbocycles. The maximum atomic E-state index is 12.0. The molecule has 5 atom stereocenters. The molecule has 0 radical (unpaired) electrons. The zero-order valence-corrected chi connectivity index (χ0v) is 18.5. The van der Waals surface area contributed by atoms with Crippen LogP contribution in [0.3, 0.4) is 0 Å². The fourth-order valence-electron chi connectivity index (χ4n) is 4.96. The summed E-state index contributed by atoms with van der Waals surface area (Å²) in [7, 11) is 0. The second-order valence-electron chi connectivity index (χ2n) is 8.15. The molecule has 0 saturated carbocycles. The quantitative estimate of drug-likeness (QED) is 0.529. The van der Waals surface area contributed by atoms with Gasteiger partial charge in [-0.1, -0.05) is 81.1 Å². The van der Waals surface area contributed by atoms with E-state index in [1.54, 1.807) is 0 Å². The highest BCUT2D eigenvalue weighted by molar-refractivity contribution is 6.30. The summed E-state index contributed by atoms with van der Waals surface area (Å²) in [6.45, 7) is 6.54. The Morgan fingerprint density at radius 3 is 1.82 bits per heavy atom. The van der Waals surface area contributed by atoms with E-state index in [-0.39, 0.29) is 23.9 Å². The van der Waals surface area contributed by atoms with Crippen molar-refractivity contribution in [2.45, 2.75) is 64.1 Å². The summed E-state index contributed by atoms with van der Waals surface area (Å²) in [4.78, 5) is 0. The van der Waals surface area contributed by atoms with Gasteiger partial charge in [0.1, 0.15) is 0 Å². The van der Waals surface area contributed by atoms with Crippen LogP contribution in [0, 0.1) is 11.8 Å². The van der Waals surface area contributed by atoms with Crippen LogP contribution in [0.25, 0.3) is 0 Å². The Kier molecular flexibility index (Phi) is 7.09. The van der Waals surface area contributed by atoms with Gasteiger partial charge in [-0.3, -0.25) is 0 Å². The van der Waals surface area contributed by atoms with Gasteiger partial charge in [0.05, 0.1) is 5.60 Å². The molecule has 1 saturated heterocycles. The van der Waals surface area contributed by atoms with Crippen molar-refractivity contribution in [2.24, 2.45) is 11.8 Å². The van der Waals surface area contributed by atoms with Crippen molar-refractivity contribution in [2.75, 3.05) is 0 Å². The van der Waals surface area contributed by atoms with Gasteiger partial charge in [-0.05, 0) is 48.2 Å². The number of nitrogens with one attached hydrogen (secondary N) is 1. The van der Waals surface area contributed by atoms with Gasteiger partial charge in [-0.25, -0.2) is 0 Å². The number of halogens is 2. The highest BCUT2D eigenvalue weighted by atomic mass is 35.5. The molecule has 3 rings (SSSR count). The van der Waals surface area contributed by atoms with Crippen LogP contribution in [-0.4, -0.2) is 10.7 Å². The van der Waals surface area contributed by atoms with Crippen LogP contribution in [-0.2, 0) is 0 Å². The van der Waals surface area contributed by atoms with Crippen LogP contribution in [0.5, 0.6) is 0 Å². The maximum absolute atomic E-state index is 12.0. The van der Waals surface area contributed by atoms with E-state index in [2.05, 4.69) is 50.4 Å². The third kappa shape index (κ3) is 4.26. The van der Waals surface area contributed by atoms with E-state index in [0.717, 1.165) is 35.7 Å². The normalized spacial score (nSPS) is 30.4. The highest BCUT2D eigenvalue weighted by Crippen LogP contribution is 2.50. The molecule has 1 heterocycles. The van der Waals surface area contributed by atoms with Crippen LogP contribution in [0.1, 0.15) is 69.7 Å². The van der Waals surface area contributed by atoms with Crippen molar-refractivity contribution in [3.63, 3.8) is 0 Å². The lowest BCUT2D eigenvalue weighted by atomic mass is 9.62. The molecular formula is C24H31Cl2NO. The molecule has 0 amide bonds. The fourth-order valence-corrected chi connectivity index (χ4v) is 5.22. The number of piperidine rings is 1. The zero-order valence-electron chi connectivity index (χ0n) is 17.0. The Morgan fingerprint density at radius 1 is 0.857 bits per heavy atom. The van der Waals surface area contributed by atoms with Gasteiger partial charge in [-0.2, -0.15) is 0 Å². The molecule has 2 N–H and O–H groups in total. The summed E-state index contributed by atoms with van der Waals surface area (Å²) in [5.74, 6) is 0.242. The van der Waals surface area contributed by atoms with E-state index >= 15 is 0 Å². The Hall–Kier alpha value is -1.06. The van der Waals surface area contributed by atoms with Crippen molar-refractivity contribution in [3.8, 4) is 0 Å². The average molecular weight is 420 g/mol. The highest BCUT2D eigenvalue weighted by Gasteiger charge is 2.51. The molecule has 1 aliphatic rings. The number of rotatable bonds is 6. The largest absolute Gasteiger partial charge is 0.389 e. The lowest BCUT2D eigenvalue weighted by Gasteiger charge is -2.53. The third-order valence-corrected chi connectivity index (χ3v) is 6.90. The molecule has 0 spiro atoms. The summed E-state index contributed by atoms with van der Waals surface area (Å²) in [6, 6.07) is 16.2. The molecule has 0 bridgehead atoms. The summed E-state index contributed by atoms with van der Waals surface area (Å²) in [5.41, 5.74) is 1.62. The zero-order chi connectivity index (χ0) is 20.3. The maximum Gasteiger partial charge on any atom is 0.0737 e. The molecule has 0 unspecified atom stereocenters. The van der Waals surface area contributed by atoms with E-state index in [1.807, 2.05) is 24.3 Å².